The summed E-state index contributed by atoms with van der Waals surface area (Å²) in [6, 6.07) is 6.97. The van der Waals surface area contributed by atoms with E-state index in [0.717, 1.165) is 32.3 Å². The average molecular weight is 333 g/mol. The Balaban J connectivity index is 1.46. The largest absolute Gasteiger partial charge is 0.491 e. The molecule has 6 heteroatoms. The van der Waals surface area contributed by atoms with Crippen LogP contribution in [-0.4, -0.2) is 43.3 Å². The Morgan fingerprint density at radius 2 is 2.00 bits per heavy atom. The quantitative estimate of drug-likeness (QED) is 0.773. The highest BCUT2D eigenvalue weighted by molar-refractivity contribution is 5.92. The predicted octanol–water partition coefficient (Wildman–Crippen LogP) is 2.07. The molecule has 1 saturated heterocycles. The van der Waals surface area contributed by atoms with Crippen LogP contribution in [0.1, 0.15) is 43.0 Å². The summed E-state index contributed by atoms with van der Waals surface area (Å²) < 4.78 is 16.3. The van der Waals surface area contributed by atoms with Gasteiger partial charge in [0.2, 0.25) is 0 Å². The fourth-order valence-electron chi connectivity index (χ4n) is 2.48. The maximum Gasteiger partial charge on any atom is 0.338 e. The van der Waals surface area contributed by atoms with E-state index in [1.165, 1.54) is 0 Å². The van der Waals surface area contributed by atoms with Crippen LogP contribution in [0.25, 0.3) is 0 Å². The van der Waals surface area contributed by atoms with E-state index in [2.05, 4.69) is 5.32 Å². The molecule has 1 aromatic rings. The third-order valence-electron chi connectivity index (χ3n) is 4.13. The summed E-state index contributed by atoms with van der Waals surface area (Å²) in [4.78, 5) is 23.9. The number of rotatable bonds is 7. The van der Waals surface area contributed by atoms with E-state index in [-0.39, 0.29) is 18.1 Å². The lowest BCUT2D eigenvalue weighted by Gasteiger charge is -2.14. The summed E-state index contributed by atoms with van der Waals surface area (Å²) in [6.45, 7) is 2.89. The number of esters is 1. The van der Waals surface area contributed by atoms with Gasteiger partial charge in [-0.2, -0.15) is 0 Å². The molecule has 3 rings (SSSR count). The lowest BCUT2D eigenvalue weighted by atomic mass is 10.2. The van der Waals surface area contributed by atoms with Crippen LogP contribution in [0.2, 0.25) is 0 Å². The minimum absolute atomic E-state index is 0.153. The number of nitrogens with one attached hydrogen (secondary N) is 1. The molecule has 1 aliphatic heterocycles. The molecule has 0 unspecified atom stereocenters. The molecule has 0 bridgehead atoms. The van der Waals surface area contributed by atoms with Crippen LogP contribution in [0.15, 0.2) is 24.3 Å². The van der Waals surface area contributed by atoms with E-state index < -0.39 is 12.1 Å². The summed E-state index contributed by atoms with van der Waals surface area (Å²) in [5.74, 6) is -0.0805. The van der Waals surface area contributed by atoms with Crippen molar-refractivity contribution in [2.75, 3.05) is 13.2 Å². The molecule has 0 radical (unpaired) electrons. The molecule has 2 fully saturated rings. The van der Waals surface area contributed by atoms with Gasteiger partial charge in [0.25, 0.3) is 5.91 Å². The van der Waals surface area contributed by atoms with Crippen LogP contribution in [0.5, 0.6) is 5.75 Å². The van der Waals surface area contributed by atoms with E-state index in [1.54, 1.807) is 31.2 Å². The topological polar surface area (TPSA) is 73.9 Å². The number of benzene rings is 1. The second kappa shape index (κ2) is 7.66. The highest BCUT2D eigenvalue weighted by Crippen LogP contribution is 2.19. The molecular weight excluding hydrogens is 310 g/mol. The molecule has 6 nitrogen and oxygen atoms in total. The SMILES string of the molecule is C[C@@H](OC(=O)c1ccc(OC[C@@H]2CCCO2)cc1)C(=O)NC1CC1. The third kappa shape index (κ3) is 4.71. The van der Waals surface area contributed by atoms with Crippen LogP contribution in [0.3, 0.4) is 0 Å². The van der Waals surface area contributed by atoms with Crippen LogP contribution in [-0.2, 0) is 14.3 Å². The van der Waals surface area contributed by atoms with Crippen molar-refractivity contribution in [3.8, 4) is 5.75 Å². The molecule has 0 spiro atoms. The van der Waals surface area contributed by atoms with Gasteiger partial charge in [0.15, 0.2) is 6.10 Å². The van der Waals surface area contributed by atoms with Gasteiger partial charge in [0.05, 0.1) is 11.7 Å². The molecule has 1 aromatic carbocycles. The van der Waals surface area contributed by atoms with Crippen molar-refractivity contribution in [2.24, 2.45) is 0 Å². The zero-order valence-electron chi connectivity index (χ0n) is 13.8. The summed E-state index contributed by atoms with van der Waals surface area (Å²) in [5, 5.41) is 2.81. The Hall–Kier alpha value is -2.08. The van der Waals surface area contributed by atoms with E-state index in [4.69, 9.17) is 14.2 Å². The normalized spacial score (nSPS) is 21.1. The first-order valence-electron chi connectivity index (χ1n) is 8.47. The van der Waals surface area contributed by atoms with Crippen LogP contribution >= 0.6 is 0 Å². The highest BCUT2D eigenvalue weighted by atomic mass is 16.5. The van der Waals surface area contributed by atoms with E-state index in [0.29, 0.717) is 17.9 Å². The summed E-state index contributed by atoms with van der Waals surface area (Å²) >= 11 is 0. The van der Waals surface area contributed by atoms with Crippen molar-refractivity contribution in [3.05, 3.63) is 29.8 Å². The Bertz CT molecular complexity index is 576. The van der Waals surface area contributed by atoms with Crippen LogP contribution in [0, 0.1) is 0 Å². The molecule has 130 valence electrons. The molecule has 1 amide bonds. The van der Waals surface area contributed by atoms with Crippen molar-refractivity contribution in [1.29, 1.82) is 0 Å². The van der Waals surface area contributed by atoms with Crippen LogP contribution < -0.4 is 10.1 Å². The van der Waals surface area contributed by atoms with Crippen molar-refractivity contribution >= 4 is 11.9 Å². The number of amides is 1. The molecule has 0 aromatic heterocycles. The monoisotopic (exact) mass is 333 g/mol. The maximum absolute atomic E-state index is 12.1. The Kier molecular flexibility index (Phi) is 5.35. The van der Waals surface area contributed by atoms with Gasteiger partial charge in [-0.25, -0.2) is 4.79 Å². The van der Waals surface area contributed by atoms with Crippen molar-refractivity contribution in [1.82, 2.24) is 5.32 Å². The minimum atomic E-state index is -0.798. The van der Waals surface area contributed by atoms with Gasteiger partial charge in [-0.1, -0.05) is 0 Å². The summed E-state index contributed by atoms with van der Waals surface area (Å²) in [7, 11) is 0. The standard InChI is InChI=1S/C18H23NO5/c1-12(17(20)19-14-6-7-14)24-18(21)13-4-8-15(9-5-13)23-11-16-3-2-10-22-16/h4-5,8-9,12,14,16H,2-3,6-7,10-11H2,1H3,(H,19,20)/t12-,16+/m1/s1. The number of hydrogen-bond acceptors (Lipinski definition) is 5. The smallest absolute Gasteiger partial charge is 0.338 e. The zero-order valence-corrected chi connectivity index (χ0v) is 13.8. The first-order valence-corrected chi connectivity index (χ1v) is 8.47. The summed E-state index contributed by atoms with van der Waals surface area (Å²) in [5.41, 5.74) is 0.394. The first-order chi connectivity index (χ1) is 11.6. The number of ether oxygens (including phenoxy) is 3. The molecule has 2 atom stereocenters. The number of carbonyl (C=O) groups is 2. The molecule has 2 aliphatic rings. The maximum atomic E-state index is 12.1. The fraction of sp³-hybridized carbons (Fsp3) is 0.556. The zero-order chi connectivity index (χ0) is 16.9. The Labute approximate surface area is 141 Å². The average Bonchev–Trinajstić information content (AvgIpc) is 3.24. The lowest BCUT2D eigenvalue weighted by Crippen LogP contribution is -2.37. The second-order valence-corrected chi connectivity index (χ2v) is 6.30. The van der Waals surface area contributed by atoms with Gasteiger partial charge in [-0.15, -0.1) is 0 Å². The second-order valence-electron chi connectivity index (χ2n) is 6.30. The van der Waals surface area contributed by atoms with Gasteiger partial charge in [0, 0.05) is 12.6 Å². The number of hydrogen-bond donors (Lipinski definition) is 1. The van der Waals surface area contributed by atoms with Crippen molar-refractivity contribution in [2.45, 2.75) is 50.9 Å². The lowest BCUT2D eigenvalue weighted by molar-refractivity contribution is -0.129. The van der Waals surface area contributed by atoms with Gasteiger partial charge in [0.1, 0.15) is 12.4 Å². The van der Waals surface area contributed by atoms with Crippen LogP contribution in [0.4, 0.5) is 0 Å². The fourth-order valence-corrected chi connectivity index (χ4v) is 2.48. The molecule has 1 saturated carbocycles. The van der Waals surface area contributed by atoms with E-state index >= 15 is 0 Å². The molecule has 1 heterocycles. The predicted molar refractivity (Wildman–Crippen MR) is 87.0 cm³/mol. The van der Waals surface area contributed by atoms with Gasteiger partial charge in [-0.3, -0.25) is 4.79 Å². The summed E-state index contributed by atoms with van der Waals surface area (Å²) in [6.07, 6.45) is 3.45. The molecule has 1 N–H and O–H groups in total. The van der Waals surface area contributed by atoms with Gasteiger partial charge >= 0.3 is 5.97 Å². The minimum Gasteiger partial charge on any atom is -0.491 e. The van der Waals surface area contributed by atoms with Crippen molar-refractivity contribution in [3.63, 3.8) is 0 Å². The van der Waals surface area contributed by atoms with Crippen molar-refractivity contribution < 1.29 is 23.8 Å². The molecular formula is C18H23NO5. The van der Waals surface area contributed by atoms with Gasteiger partial charge in [-0.05, 0) is 56.9 Å². The van der Waals surface area contributed by atoms with E-state index in [9.17, 15) is 9.59 Å². The van der Waals surface area contributed by atoms with Gasteiger partial charge < -0.3 is 19.5 Å². The third-order valence-corrected chi connectivity index (χ3v) is 4.13. The Morgan fingerprint density at radius 1 is 1.25 bits per heavy atom. The molecule has 1 aliphatic carbocycles. The number of carbonyl (C=O) groups excluding carboxylic acids is 2. The molecule has 24 heavy (non-hydrogen) atoms. The Morgan fingerprint density at radius 3 is 2.62 bits per heavy atom. The highest BCUT2D eigenvalue weighted by Gasteiger charge is 2.27. The first kappa shape index (κ1) is 16.8. The van der Waals surface area contributed by atoms with E-state index in [1.807, 2.05) is 0 Å².